The van der Waals surface area contributed by atoms with Gasteiger partial charge in [-0.2, -0.15) is 0 Å². The molecule has 5 aromatic heterocycles. The molecular weight excluding hydrogens is 1310 g/mol. The third-order valence-electron chi connectivity index (χ3n) is 16.2. The Balaban J connectivity index is 0.000000168. The van der Waals surface area contributed by atoms with Gasteiger partial charge in [0.15, 0.2) is 52.4 Å². The second-order valence-electron chi connectivity index (χ2n) is 23.3. The van der Waals surface area contributed by atoms with E-state index >= 15 is 0 Å². The van der Waals surface area contributed by atoms with Crippen LogP contribution in [0.4, 0.5) is 0 Å². The topological polar surface area (TPSA) is 160 Å². The van der Waals surface area contributed by atoms with Crippen LogP contribution in [0.2, 0.25) is 0 Å². The minimum Gasteiger partial charge on any atom is -0.399 e. The average Bonchev–Trinajstić information content (AvgIpc) is 1.60. The molecule has 0 unspecified atom stereocenters. The highest BCUT2D eigenvalue weighted by atomic mass is 79.9. The zero-order valence-corrected chi connectivity index (χ0v) is 55.5. The molecule has 16 heteroatoms. The standard InChI is InChI=1S/C47H31N7.C27H26BN3O2.C5H3Br2N/c1-5-13-34(14-6-1)42-49-43(35-15-7-2-8-16-35)52-46(51-42)38-25-21-32(22-26-38)40-29-41(31-48-30-40)33-23-27-39(28-24-33)47-53-44(36-17-9-3-10-18-36)50-45(54-47)37-19-11-4-12-20-37;1-26(2)27(3,4)33-28(32-26)22-17-15-21(16-18-22)25-30-23(19-11-7-5-8-12-19)29-24(31-25)20-13-9-6-10-14-20;6-4-1-5(7)3-8-2-4/h1-31H;5-18H,1-4H3;1-3H. The quantitative estimate of drug-likeness (QED) is 0.106. The minimum absolute atomic E-state index is 0.375. The molecule has 14 aromatic rings. The molecule has 1 aliphatic heterocycles. The summed E-state index contributed by atoms with van der Waals surface area (Å²) in [5.74, 6) is 5.69. The van der Waals surface area contributed by atoms with Crippen molar-refractivity contribution >= 4 is 44.4 Å². The molecule has 95 heavy (non-hydrogen) atoms. The average molecular weight is 1370 g/mol. The van der Waals surface area contributed by atoms with E-state index in [0.717, 1.165) is 86.7 Å². The summed E-state index contributed by atoms with van der Waals surface area (Å²) in [5.41, 5.74) is 12.7. The lowest BCUT2D eigenvalue weighted by Crippen LogP contribution is -2.41. The van der Waals surface area contributed by atoms with Crippen molar-refractivity contribution in [3.63, 3.8) is 0 Å². The number of rotatable bonds is 12. The first-order valence-corrected chi connectivity index (χ1v) is 32.4. The van der Waals surface area contributed by atoms with Crippen LogP contribution in [0.15, 0.2) is 301 Å². The first-order valence-electron chi connectivity index (χ1n) is 30.8. The molecule has 0 N–H and O–H groups in total. The lowest BCUT2D eigenvalue weighted by atomic mass is 9.79. The number of hydrogen-bond acceptors (Lipinski definition) is 13. The van der Waals surface area contributed by atoms with Crippen LogP contribution < -0.4 is 5.46 Å². The minimum atomic E-state index is -0.401. The Kier molecular flexibility index (Phi) is 19.0. The molecule has 0 atom stereocenters. The Labute approximate surface area is 569 Å². The number of aromatic nitrogens is 11. The third kappa shape index (κ3) is 15.2. The maximum Gasteiger partial charge on any atom is 0.494 e. The summed E-state index contributed by atoms with van der Waals surface area (Å²) < 4.78 is 14.4. The highest BCUT2D eigenvalue weighted by Crippen LogP contribution is 2.37. The number of pyridine rings is 2. The molecule has 9 aromatic carbocycles. The van der Waals surface area contributed by atoms with Gasteiger partial charge in [-0.3, -0.25) is 9.97 Å². The molecule has 1 saturated heterocycles. The first kappa shape index (κ1) is 63.0. The zero-order chi connectivity index (χ0) is 65.1. The van der Waals surface area contributed by atoms with E-state index in [-0.39, 0.29) is 11.2 Å². The maximum atomic E-state index is 6.19. The molecule has 15 rings (SSSR count). The summed E-state index contributed by atoms with van der Waals surface area (Å²) in [6.07, 6.45) is 7.26. The number of halogens is 2. The lowest BCUT2D eigenvalue weighted by molar-refractivity contribution is 0.00578. The summed E-state index contributed by atoms with van der Waals surface area (Å²) in [6, 6.07) is 88.7. The fourth-order valence-electron chi connectivity index (χ4n) is 10.3. The lowest BCUT2D eigenvalue weighted by Gasteiger charge is -2.32. The summed E-state index contributed by atoms with van der Waals surface area (Å²) in [5, 5.41) is 0. The second-order valence-corrected chi connectivity index (χ2v) is 25.1. The van der Waals surface area contributed by atoms with Crippen molar-refractivity contribution in [1.29, 1.82) is 0 Å². The molecule has 0 radical (unpaired) electrons. The van der Waals surface area contributed by atoms with Crippen molar-refractivity contribution in [3.8, 4) is 125 Å². The van der Waals surface area contributed by atoms with Crippen LogP contribution in [0.3, 0.4) is 0 Å². The van der Waals surface area contributed by atoms with E-state index in [9.17, 15) is 0 Å². The van der Waals surface area contributed by atoms with E-state index in [1.807, 2.05) is 225 Å². The fourth-order valence-corrected chi connectivity index (χ4v) is 11.4. The highest BCUT2D eigenvalue weighted by Gasteiger charge is 2.51. The molecular formula is C79H60BBr2N11O2. The van der Waals surface area contributed by atoms with Gasteiger partial charge < -0.3 is 9.31 Å². The van der Waals surface area contributed by atoms with Crippen molar-refractivity contribution in [2.24, 2.45) is 0 Å². The Morgan fingerprint density at radius 3 is 0.684 bits per heavy atom. The van der Waals surface area contributed by atoms with Gasteiger partial charge in [-0.25, -0.2) is 44.9 Å². The van der Waals surface area contributed by atoms with E-state index in [0.29, 0.717) is 52.4 Å². The van der Waals surface area contributed by atoms with Crippen LogP contribution in [0, 0.1) is 0 Å². The Bertz CT molecular complexity index is 4510. The zero-order valence-electron chi connectivity index (χ0n) is 52.3. The maximum absolute atomic E-state index is 6.19. The van der Waals surface area contributed by atoms with Crippen molar-refractivity contribution in [1.82, 2.24) is 54.8 Å². The summed E-state index contributed by atoms with van der Waals surface area (Å²) in [6.45, 7) is 8.23. The van der Waals surface area contributed by atoms with Crippen LogP contribution in [0.25, 0.3) is 125 Å². The molecule has 0 amide bonds. The van der Waals surface area contributed by atoms with Gasteiger partial charge in [0.1, 0.15) is 0 Å². The Morgan fingerprint density at radius 1 is 0.242 bits per heavy atom. The molecule has 6 heterocycles. The van der Waals surface area contributed by atoms with Crippen LogP contribution in [0.1, 0.15) is 27.7 Å². The van der Waals surface area contributed by atoms with E-state index in [4.69, 9.17) is 54.2 Å². The summed E-state index contributed by atoms with van der Waals surface area (Å²) >= 11 is 6.54. The van der Waals surface area contributed by atoms with Gasteiger partial charge >= 0.3 is 7.12 Å². The normalized spacial score (nSPS) is 12.8. The van der Waals surface area contributed by atoms with Crippen LogP contribution >= 0.6 is 31.9 Å². The first-order chi connectivity index (χ1) is 46.3. The monoisotopic (exact) mass is 1360 g/mol. The van der Waals surface area contributed by atoms with E-state index in [2.05, 4.69) is 124 Å². The van der Waals surface area contributed by atoms with Crippen LogP contribution in [0.5, 0.6) is 0 Å². The molecule has 1 aliphatic rings. The van der Waals surface area contributed by atoms with Gasteiger partial charge in [0.2, 0.25) is 0 Å². The molecule has 0 bridgehead atoms. The van der Waals surface area contributed by atoms with Crippen molar-refractivity contribution in [3.05, 3.63) is 301 Å². The fraction of sp³-hybridized carbons (Fsp3) is 0.0759. The smallest absolute Gasteiger partial charge is 0.399 e. The predicted octanol–water partition coefficient (Wildman–Crippen LogP) is 18.6. The van der Waals surface area contributed by atoms with Gasteiger partial charge in [-0.15, -0.1) is 0 Å². The predicted molar refractivity (Wildman–Crippen MR) is 386 cm³/mol. The molecule has 13 nitrogen and oxygen atoms in total. The summed E-state index contributed by atoms with van der Waals surface area (Å²) in [7, 11) is -0.401. The number of hydrogen-bond donors (Lipinski definition) is 0. The SMILES string of the molecule is Brc1cncc(Br)c1.CC1(C)OB(c2ccc(-c3nc(-c4ccccc4)nc(-c4ccccc4)n3)cc2)OC1(C)C.c1ccc(-c2nc(-c3ccccc3)nc(-c3ccc(-c4cncc(-c5ccc(-c6nc(-c7ccccc7)nc(-c7ccccc7)n6)cc5)c4)cc3)n2)cc1. The Morgan fingerprint density at radius 2 is 0.453 bits per heavy atom. The molecule has 460 valence electrons. The van der Waals surface area contributed by atoms with E-state index in [1.165, 1.54) is 0 Å². The number of nitrogens with zero attached hydrogens (tertiary/aromatic N) is 11. The highest BCUT2D eigenvalue weighted by molar-refractivity contribution is 9.11. The number of benzene rings is 9. The van der Waals surface area contributed by atoms with Crippen molar-refractivity contribution in [2.75, 3.05) is 0 Å². The van der Waals surface area contributed by atoms with Gasteiger partial charge in [-0.05, 0) is 88.3 Å². The van der Waals surface area contributed by atoms with Crippen molar-refractivity contribution in [2.45, 2.75) is 38.9 Å². The van der Waals surface area contributed by atoms with Gasteiger partial charge in [0.25, 0.3) is 0 Å². The molecule has 0 spiro atoms. The van der Waals surface area contributed by atoms with Gasteiger partial charge in [-0.1, -0.05) is 255 Å². The van der Waals surface area contributed by atoms with E-state index in [1.54, 1.807) is 12.4 Å². The van der Waals surface area contributed by atoms with Crippen molar-refractivity contribution < 1.29 is 9.31 Å². The molecule has 0 aliphatic carbocycles. The third-order valence-corrected chi connectivity index (χ3v) is 17.0. The molecule has 1 fully saturated rings. The largest absolute Gasteiger partial charge is 0.494 e. The molecule has 0 saturated carbocycles. The second kappa shape index (κ2) is 28.6. The Hall–Kier alpha value is -10.7. The van der Waals surface area contributed by atoms with Crippen LogP contribution in [-0.2, 0) is 9.31 Å². The van der Waals surface area contributed by atoms with Gasteiger partial charge in [0, 0.05) is 94.9 Å². The summed E-state index contributed by atoms with van der Waals surface area (Å²) in [4.78, 5) is 52.0. The van der Waals surface area contributed by atoms with Gasteiger partial charge in [0.05, 0.1) is 11.2 Å². The van der Waals surface area contributed by atoms with E-state index < -0.39 is 7.12 Å². The van der Waals surface area contributed by atoms with Crippen LogP contribution in [-0.4, -0.2) is 73.1 Å².